The Balaban J connectivity index is 2.02. The summed E-state index contributed by atoms with van der Waals surface area (Å²) < 4.78 is 5.98. The van der Waals surface area contributed by atoms with Crippen molar-refractivity contribution < 1.29 is 4.74 Å². The fourth-order valence-corrected chi connectivity index (χ4v) is 3.18. The summed E-state index contributed by atoms with van der Waals surface area (Å²) in [6, 6.07) is 0. The molecule has 1 saturated carbocycles. The lowest BCUT2D eigenvalue weighted by Gasteiger charge is -2.45. The van der Waals surface area contributed by atoms with E-state index in [0.29, 0.717) is 0 Å². The number of morpholine rings is 1. The van der Waals surface area contributed by atoms with Crippen molar-refractivity contribution in [2.45, 2.75) is 38.7 Å². The van der Waals surface area contributed by atoms with Crippen LogP contribution in [0.1, 0.15) is 33.1 Å². The summed E-state index contributed by atoms with van der Waals surface area (Å²) in [5, 5.41) is 3.46. The number of hydrogen-bond acceptors (Lipinski definition) is 2. The topological polar surface area (TPSA) is 21.3 Å². The van der Waals surface area contributed by atoms with Crippen LogP contribution >= 0.6 is 0 Å². The number of ether oxygens (including phenoxy) is 1. The first-order chi connectivity index (χ1) is 6.20. The minimum Gasteiger partial charge on any atom is -0.372 e. The lowest BCUT2D eigenvalue weighted by atomic mass is 9.73. The molecule has 1 saturated heterocycles. The van der Waals surface area contributed by atoms with Crippen LogP contribution in [0.3, 0.4) is 0 Å². The standard InChI is InChI=1S/C11H21NO/c1-9-5-10(2)7-11(6-9)8-12-3-4-13-11/h9-10,12H,3-8H2,1-2H3. The van der Waals surface area contributed by atoms with E-state index < -0.39 is 0 Å². The monoisotopic (exact) mass is 183 g/mol. The van der Waals surface area contributed by atoms with E-state index in [2.05, 4.69) is 19.2 Å². The smallest absolute Gasteiger partial charge is 0.0812 e. The molecular weight excluding hydrogens is 162 g/mol. The molecule has 2 fully saturated rings. The fourth-order valence-electron chi connectivity index (χ4n) is 3.18. The molecular formula is C11H21NO. The van der Waals surface area contributed by atoms with Crippen LogP contribution in [-0.2, 0) is 4.74 Å². The summed E-state index contributed by atoms with van der Waals surface area (Å²) in [6.07, 6.45) is 3.89. The van der Waals surface area contributed by atoms with Crippen LogP contribution in [0.5, 0.6) is 0 Å². The summed E-state index contributed by atoms with van der Waals surface area (Å²) in [4.78, 5) is 0. The lowest BCUT2D eigenvalue weighted by molar-refractivity contribution is -0.108. The Kier molecular flexibility index (Phi) is 2.61. The van der Waals surface area contributed by atoms with Crippen molar-refractivity contribution in [3.8, 4) is 0 Å². The third kappa shape index (κ3) is 2.05. The molecule has 0 aromatic rings. The molecule has 2 atom stereocenters. The minimum atomic E-state index is 0.190. The average molecular weight is 183 g/mol. The van der Waals surface area contributed by atoms with Gasteiger partial charge in [0, 0.05) is 13.1 Å². The zero-order chi connectivity index (χ0) is 9.31. The third-order valence-electron chi connectivity index (χ3n) is 3.38. The molecule has 1 spiro atoms. The zero-order valence-corrected chi connectivity index (χ0v) is 8.81. The van der Waals surface area contributed by atoms with Gasteiger partial charge in [-0.1, -0.05) is 13.8 Å². The molecule has 13 heavy (non-hydrogen) atoms. The zero-order valence-electron chi connectivity index (χ0n) is 8.81. The number of nitrogens with one attached hydrogen (secondary N) is 1. The van der Waals surface area contributed by atoms with Crippen molar-refractivity contribution >= 4 is 0 Å². The lowest BCUT2D eigenvalue weighted by Crippen LogP contribution is -2.53. The van der Waals surface area contributed by atoms with Gasteiger partial charge in [0.25, 0.3) is 0 Å². The summed E-state index contributed by atoms with van der Waals surface area (Å²) in [6.45, 7) is 7.72. The molecule has 0 radical (unpaired) electrons. The largest absolute Gasteiger partial charge is 0.372 e. The normalized spacial score (nSPS) is 46.6. The van der Waals surface area contributed by atoms with Crippen LogP contribution in [0.2, 0.25) is 0 Å². The van der Waals surface area contributed by atoms with E-state index in [9.17, 15) is 0 Å². The molecule has 0 aromatic carbocycles. The average Bonchev–Trinajstić information content (AvgIpc) is 2.02. The van der Waals surface area contributed by atoms with Crippen molar-refractivity contribution in [3.63, 3.8) is 0 Å². The Morgan fingerprint density at radius 2 is 1.92 bits per heavy atom. The van der Waals surface area contributed by atoms with Crippen LogP contribution in [0.4, 0.5) is 0 Å². The highest BCUT2D eigenvalue weighted by Crippen LogP contribution is 2.38. The van der Waals surface area contributed by atoms with Gasteiger partial charge in [0.2, 0.25) is 0 Å². The Morgan fingerprint density at radius 1 is 1.23 bits per heavy atom. The number of rotatable bonds is 0. The van der Waals surface area contributed by atoms with E-state index in [1.165, 1.54) is 19.3 Å². The van der Waals surface area contributed by atoms with E-state index in [0.717, 1.165) is 31.5 Å². The van der Waals surface area contributed by atoms with E-state index >= 15 is 0 Å². The Labute approximate surface area is 81.0 Å². The second kappa shape index (κ2) is 3.58. The van der Waals surface area contributed by atoms with Crippen molar-refractivity contribution in [2.24, 2.45) is 11.8 Å². The molecule has 2 rings (SSSR count). The van der Waals surface area contributed by atoms with Gasteiger partial charge in [0.1, 0.15) is 0 Å². The van der Waals surface area contributed by atoms with Crippen molar-refractivity contribution in [3.05, 3.63) is 0 Å². The van der Waals surface area contributed by atoms with E-state index in [-0.39, 0.29) is 5.60 Å². The maximum absolute atomic E-state index is 5.98. The SMILES string of the molecule is CC1CC(C)CC2(CNCCO2)C1. The summed E-state index contributed by atoms with van der Waals surface area (Å²) >= 11 is 0. The quantitative estimate of drug-likeness (QED) is 0.618. The van der Waals surface area contributed by atoms with Crippen LogP contribution in [0, 0.1) is 11.8 Å². The first-order valence-electron chi connectivity index (χ1n) is 5.55. The predicted octanol–water partition coefficient (Wildman–Crippen LogP) is 1.80. The van der Waals surface area contributed by atoms with Gasteiger partial charge >= 0.3 is 0 Å². The number of hydrogen-bond donors (Lipinski definition) is 1. The fraction of sp³-hybridized carbons (Fsp3) is 1.00. The summed E-state index contributed by atoms with van der Waals surface area (Å²) in [5.41, 5.74) is 0.190. The van der Waals surface area contributed by atoms with Crippen LogP contribution in [-0.4, -0.2) is 25.3 Å². The molecule has 0 amide bonds. The Hall–Kier alpha value is -0.0800. The maximum atomic E-state index is 5.98. The third-order valence-corrected chi connectivity index (χ3v) is 3.38. The molecule has 1 aliphatic carbocycles. The van der Waals surface area contributed by atoms with Crippen molar-refractivity contribution in [1.29, 1.82) is 0 Å². The maximum Gasteiger partial charge on any atom is 0.0812 e. The first-order valence-corrected chi connectivity index (χ1v) is 5.55. The molecule has 76 valence electrons. The first kappa shape index (κ1) is 9.47. The van der Waals surface area contributed by atoms with E-state index in [1.807, 2.05) is 0 Å². The predicted molar refractivity (Wildman–Crippen MR) is 53.7 cm³/mol. The second-order valence-corrected chi connectivity index (χ2v) is 5.06. The minimum absolute atomic E-state index is 0.190. The molecule has 1 N–H and O–H groups in total. The summed E-state index contributed by atoms with van der Waals surface area (Å²) in [7, 11) is 0. The van der Waals surface area contributed by atoms with Crippen molar-refractivity contribution in [2.75, 3.05) is 19.7 Å². The van der Waals surface area contributed by atoms with Crippen LogP contribution in [0.15, 0.2) is 0 Å². The molecule has 0 aromatic heterocycles. The summed E-state index contributed by atoms with van der Waals surface area (Å²) in [5.74, 6) is 1.67. The second-order valence-electron chi connectivity index (χ2n) is 5.06. The van der Waals surface area contributed by atoms with Gasteiger partial charge in [-0.25, -0.2) is 0 Å². The van der Waals surface area contributed by atoms with Gasteiger partial charge in [0.05, 0.1) is 12.2 Å². The van der Waals surface area contributed by atoms with Gasteiger partial charge in [-0.15, -0.1) is 0 Å². The van der Waals surface area contributed by atoms with Gasteiger partial charge in [-0.3, -0.25) is 0 Å². The Bertz CT molecular complexity index is 163. The molecule has 2 heteroatoms. The molecule has 2 unspecified atom stereocenters. The van der Waals surface area contributed by atoms with Gasteiger partial charge in [0.15, 0.2) is 0 Å². The Morgan fingerprint density at radius 3 is 2.46 bits per heavy atom. The van der Waals surface area contributed by atoms with Gasteiger partial charge < -0.3 is 10.1 Å². The van der Waals surface area contributed by atoms with Crippen LogP contribution < -0.4 is 5.32 Å². The van der Waals surface area contributed by atoms with Crippen molar-refractivity contribution in [1.82, 2.24) is 5.32 Å². The molecule has 2 nitrogen and oxygen atoms in total. The highest BCUT2D eigenvalue weighted by atomic mass is 16.5. The molecule has 0 bridgehead atoms. The van der Waals surface area contributed by atoms with E-state index in [1.54, 1.807) is 0 Å². The molecule has 1 heterocycles. The van der Waals surface area contributed by atoms with E-state index in [4.69, 9.17) is 4.74 Å². The molecule has 2 aliphatic rings. The van der Waals surface area contributed by atoms with Gasteiger partial charge in [-0.05, 0) is 31.1 Å². The van der Waals surface area contributed by atoms with Crippen LogP contribution in [0.25, 0.3) is 0 Å². The highest BCUT2D eigenvalue weighted by molar-refractivity contribution is 4.93. The van der Waals surface area contributed by atoms with Gasteiger partial charge in [-0.2, -0.15) is 0 Å². The molecule has 1 aliphatic heterocycles. The highest BCUT2D eigenvalue weighted by Gasteiger charge is 2.39.